The smallest absolute Gasteiger partial charge is 0.349 e. The van der Waals surface area contributed by atoms with E-state index in [2.05, 4.69) is 59.2 Å². The van der Waals surface area contributed by atoms with Gasteiger partial charge in [0, 0.05) is 0 Å². The van der Waals surface area contributed by atoms with E-state index in [9.17, 15) is 9.59 Å². The second kappa shape index (κ2) is 16.7. The van der Waals surface area contributed by atoms with Gasteiger partial charge in [-0.05, 0) is 58.9 Å². The van der Waals surface area contributed by atoms with E-state index in [0.717, 1.165) is 0 Å². The van der Waals surface area contributed by atoms with Gasteiger partial charge in [0.05, 0.1) is 0 Å². The molecule has 0 bridgehead atoms. The Morgan fingerprint density at radius 3 is 0.522 bits per heavy atom. The zero-order valence-electron chi connectivity index (χ0n) is 29.2. The molecule has 8 unspecified atom stereocenters. The van der Waals surface area contributed by atoms with Crippen molar-refractivity contribution in [2.75, 3.05) is 0 Å². The van der Waals surface area contributed by atoms with Crippen LogP contribution in [-0.4, -0.2) is 86.6 Å². The molecule has 0 saturated heterocycles. The summed E-state index contributed by atoms with van der Waals surface area (Å²) in [7, 11) is -29.0. The van der Waals surface area contributed by atoms with Crippen molar-refractivity contribution in [1.29, 1.82) is 0 Å². The Morgan fingerprint density at radius 2 is 0.413 bits per heavy atom. The highest BCUT2D eigenvalue weighted by Crippen LogP contribution is 2.32. The first-order valence-electron chi connectivity index (χ1n) is 14.5. The molecule has 0 spiro atoms. The third-order valence-corrected chi connectivity index (χ3v) is 39.3. The van der Waals surface area contributed by atoms with Crippen LogP contribution in [0.15, 0.2) is 111 Å². The Morgan fingerprint density at radius 1 is 0.283 bits per heavy atom. The van der Waals surface area contributed by atoms with Crippen LogP contribution in [0.1, 0.15) is 0 Å². The summed E-state index contributed by atoms with van der Waals surface area (Å²) in [5, 5.41) is 0. The molecular weight excluding hydrogens is 737 g/mol. The molecule has 19 heteroatoms. The lowest BCUT2D eigenvalue weighted by molar-refractivity contribution is 0.266. The summed E-state index contributed by atoms with van der Waals surface area (Å²) in [5.41, 5.74) is 14.2. The van der Waals surface area contributed by atoms with Gasteiger partial charge in [0.25, 0.3) is 0 Å². The summed E-state index contributed by atoms with van der Waals surface area (Å²) >= 11 is 0. The molecule has 260 valence electrons. The first-order valence-corrected chi connectivity index (χ1v) is 36.1. The summed E-state index contributed by atoms with van der Waals surface area (Å²) < 4.78 is 51.8. The minimum Gasteiger partial charge on any atom is -0.410 e. The van der Waals surface area contributed by atoms with Crippen molar-refractivity contribution >= 4 is 77.0 Å². The molecule has 10 nitrogen and oxygen atoms in total. The lowest BCUT2D eigenvalue weighted by atomic mass is 11.3. The maximum Gasteiger partial charge on any atom is 0.349 e. The third kappa shape index (κ3) is 14.0. The maximum absolute atomic E-state index is 10.6. The molecule has 8 atom stereocenters. The van der Waals surface area contributed by atoms with Crippen LogP contribution in [0.25, 0.3) is 0 Å². The van der Waals surface area contributed by atoms with E-state index < -0.39 is 77.0 Å². The monoisotopic (exact) mass is 792 g/mol. The van der Waals surface area contributed by atoms with E-state index in [4.69, 9.17) is 32.9 Å². The highest BCUT2D eigenvalue weighted by atomic mass is 28.5. The highest BCUT2D eigenvalue weighted by molar-refractivity contribution is 6.98. The molecule has 0 aliphatic carbocycles. The fourth-order valence-corrected chi connectivity index (χ4v) is 39.1. The Hall–Kier alpha value is -0.788. The van der Waals surface area contributed by atoms with Gasteiger partial charge in [-0.1, -0.05) is 51.3 Å². The van der Waals surface area contributed by atoms with Crippen molar-refractivity contribution in [2.24, 2.45) is 0 Å². The third-order valence-electron chi connectivity index (χ3n) is 6.60. The minimum atomic E-state index is -3.30. The Balaban J connectivity index is 6.39. The molecule has 0 aliphatic heterocycles. The molecule has 46 heavy (non-hydrogen) atoms. The van der Waals surface area contributed by atoms with Crippen molar-refractivity contribution in [3.8, 4) is 0 Å². The molecule has 0 aromatic rings. The van der Waals surface area contributed by atoms with E-state index in [1.165, 1.54) is 11.4 Å². The van der Waals surface area contributed by atoms with Crippen molar-refractivity contribution in [3.63, 3.8) is 0 Å². The van der Waals surface area contributed by atoms with Gasteiger partial charge in [-0.3, -0.25) is 0 Å². The maximum atomic E-state index is 10.6. The topological polar surface area (TPSA) is 114 Å². The van der Waals surface area contributed by atoms with Gasteiger partial charge in [0.2, 0.25) is 0 Å². The van der Waals surface area contributed by atoms with Crippen molar-refractivity contribution in [1.82, 2.24) is 0 Å². The average molecular weight is 794 g/mol. The largest absolute Gasteiger partial charge is 0.410 e. The number of hydrogen-bond acceptors (Lipinski definition) is 10. The molecular formula is C27H56O10Si9. The normalized spacial score (nSPS) is 23.5. The summed E-state index contributed by atoms with van der Waals surface area (Å²) in [4.78, 5) is 21.3. The summed E-state index contributed by atoms with van der Waals surface area (Å²) in [6, 6.07) is 0. The fraction of sp³-hybridized carbons (Fsp3) is 0.333. The van der Waals surface area contributed by atoms with Gasteiger partial charge in [0.15, 0.2) is 0 Å². The molecule has 0 radical (unpaired) electrons. The molecule has 0 heterocycles. The van der Waals surface area contributed by atoms with E-state index >= 15 is 0 Å². The van der Waals surface area contributed by atoms with E-state index in [1.54, 1.807) is 66.1 Å². The van der Waals surface area contributed by atoms with Crippen molar-refractivity contribution in [2.45, 2.75) is 58.9 Å². The second-order valence-corrected chi connectivity index (χ2v) is 40.5. The van der Waals surface area contributed by atoms with Crippen LogP contribution < -0.4 is 0 Å². The summed E-state index contributed by atoms with van der Waals surface area (Å²) in [6.45, 7) is 51.0. The zero-order chi connectivity index (χ0) is 36.5. The average Bonchev–Trinajstić information content (AvgIpc) is 2.96. The molecule has 0 aromatic carbocycles. The summed E-state index contributed by atoms with van der Waals surface area (Å²) in [5.74, 6) is 0. The quantitative estimate of drug-likeness (QED) is 0.103. The first kappa shape index (κ1) is 45.2. The zero-order valence-corrected chi connectivity index (χ0v) is 38.2. The highest BCUT2D eigenvalue weighted by Gasteiger charge is 2.53. The standard InChI is InChI=1S/C27H56O10Si9/c1-19-38(10,28)30-40(12,21-3)32-42(14,23-5)34-44(16,25-7)36-46(18,27-9)37-45(17,26-8)35-43(15,24-6)33-41(13,22-4)31-39(11,29)20-2/h19-29H,1-9H2,10-18H3. The number of hydrogen-bond donors (Lipinski definition) is 2. The molecule has 0 fully saturated rings. The Kier molecular flexibility index (Phi) is 16.5. The van der Waals surface area contributed by atoms with E-state index in [0.29, 0.717) is 0 Å². The van der Waals surface area contributed by atoms with E-state index in [-0.39, 0.29) is 0 Å². The molecule has 0 saturated carbocycles. The molecule has 0 aliphatic rings. The minimum absolute atomic E-state index is 1.41. The van der Waals surface area contributed by atoms with Gasteiger partial charge >= 0.3 is 77.0 Å². The molecule has 0 rings (SSSR count). The van der Waals surface area contributed by atoms with Crippen LogP contribution in [-0.2, 0) is 32.9 Å². The molecule has 0 aromatic heterocycles. The van der Waals surface area contributed by atoms with Gasteiger partial charge in [-0.25, -0.2) is 0 Å². The molecule has 0 amide bonds. The van der Waals surface area contributed by atoms with E-state index in [1.807, 2.05) is 32.7 Å². The fourth-order valence-electron chi connectivity index (χ4n) is 4.05. The van der Waals surface area contributed by atoms with Gasteiger partial charge in [-0.15, -0.1) is 59.2 Å². The summed E-state index contributed by atoms with van der Waals surface area (Å²) in [6.07, 6.45) is 0. The second-order valence-electron chi connectivity index (χ2n) is 11.9. The van der Waals surface area contributed by atoms with Crippen LogP contribution >= 0.6 is 0 Å². The van der Waals surface area contributed by atoms with Crippen molar-refractivity contribution in [3.05, 3.63) is 111 Å². The first-order chi connectivity index (χ1) is 20.7. The Bertz CT molecular complexity index is 1110. The van der Waals surface area contributed by atoms with Gasteiger partial charge < -0.3 is 42.5 Å². The van der Waals surface area contributed by atoms with Crippen LogP contribution in [0.2, 0.25) is 58.9 Å². The van der Waals surface area contributed by atoms with Crippen LogP contribution in [0.5, 0.6) is 0 Å². The molecule has 2 N–H and O–H groups in total. The lowest BCUT2D eigenvalue weighted by Crippen LogP contribution is -2.63. The number of rotatable bonds is 25. The van der Waals surface area contributed by atoms with Crippen LogP contribution in [0.4, 0.5) is 0 Å². The van der Waals surface area contributed by atoms with Crippen LogP contribution in [0, 0.1) is 0 Å². The lowest BCUT2D eigenvalue weighted by Gasteiger charge is -2.44. The van der Waals surface area contributed by atoms with Gasteiger partial charge in [0.1, 0.15) is 0 Å². The Labute approximate surface area is 287 Å². The predicted octanol–water partition coefficient (Wildman–Crippen LogP) is 6.28. The van der Waals surface area contributed by atoms with Crippen molar-refractivity contribution < 1.29 is 42.5 Å². The predicted molar refractivity (Wildman–Crippen MR) is 209 cm³/mol. The SMILES string of the molecule is C=C[Si](C)(O)O[Si](C)(C=C)O[Si](C)(C=C)O[Si](C)(C=C)O[Si](C)(C=C)O[Si](C)(C=C)O[Si](C)(C=C)O[Si](C)(C=C)O[Si](C)(O)C=C. The van der Waals surface area contributed by atoms with Gasteiger partial charge in [-0.2, -0.15) is 0 Å². The van der Waals surface area contributed by atoms with Crippen LogP contribution in [0.3, 0.4) is 0 Å².